The third-order valence-electron chi connectivity index (χ3n) is 3.56. The molecule has 0 amide bonds. The highest BCUT2D eigenvalue weighted by molar-refractivity contribution is 7.80. The Morgan fingerprint density at radius 3 is 2.82 bits per heavy atom. The number of nitrogens with one attached hydrogen (secondary N) is 2. The van der Waals surface area contributed by atoms with Gasteiger partial charge in [0, 0.05) is 25.2 Å². The summed E-state index contributed by atoms with van der Waals surface area (Å²) in [5.74, 6) is 0.854. The van der Waals surface area contributed by atoms with E-state index in [9.17, 15) is 0 Å². The topological polar surface area (TPSA) is 27.3 Å². The number of likely N-dealkylation sites (tertiary alicyclic amines) is 1. The highest BCUT2D eigenvalue weighted by Gasteiger charge is 2.23. The zero-order chi connectivity index (χ0) is 12.3. The Morgan fingerprint density at radius 2 is 2.18 bits per heavy atom. The van der Waals surface area contributed by atoms with Crippen molar-refractivity contribution in [2.75, 3.05) is 19.6 Å². The van der Waals surface area contributed by atoms with Crippen LogP contribution in [-0.2, 0) is 0 Å². The molecule has 3 nitrogen and oxygen atoms in total. The monoisotopic (exact) mass is 255 g/mol. The normalized spacial score (nSPS) is 27.5. The molecule has 2 N–H and O–H groups in total. The number of piperidine rings is 1. The van der Waals surface area contributed by atoms with Crippen LogP contribution in [-0.4, -0.2) is 41.7 Å². The highest BCUT2D eigenvalue weighted by Crippen LogP contribution is 2.18. The molecule has 0 radical (unpaired) electrons. The first-order valence-corrected chi connectivity index (χ1v) is 7.33. The summed E-state index contributed by atoms with van der Waals surface area (Å²) in [5, 5.41) is 7.56. The third-order valence-corrected chi connectivity index (χ3v) is 3.80. The molecule has 17 heavy (non-hydrogen) atoms. The van der Waals surface area contributed by atoms with Crippen molar-refractivity contribution in [3.05, 3.63) is 0 Å². The van der Waals surface area contributed by atoms with E-state index in [1.165, 1.54) is 38.8 Å². The molecule has 2 aliphatic rings. The van der Waals surface area contributed by atoms with Crippen LogP contribution in [0, 0.1) is 5.92 Å². The van der Waals surface area contributed by atoms with E-state index in [2.05, 4.69) is 29.4 Å². The van der Waals surface area contributed by atoms with E-state index in [-0.39, 0.29) is 0 Å². The quantitative estimate of drug-likeness (QED) is 0.748. The second-order valence-corrected chi connectivity index (χ2v) is 6.21. The Balaban J connectivity index is 1.64. The largest absolute Gasteiger partial charge is 0.360 e. The molecular weight excluding hydrogens is 230 g/mol. The number of hydrogen-bond donors (Lipinski definition) is 2. The van der Waals surface area contributed by atoms with Gasteiger partial charge in [-0.2, -0.15) is 0 Å². The van der Waals surface area contributed by atoms with Gasteiger partial charge in [0.15, 0.2) is 5.11 Å². The van der Waals surface area contributed by atoms with Gasteiger partial charge in [-0.05, 0) is 57.3 Å². The zero-order valence-electron chi connectivity index (χ0n) is 11.0. The van der Waals surface area contributed by atoms with Gasteiger partial charge in [0.2, 0.25) is 0 Å². The SMILES string of the molecule is CC1CCCN(CC(C)NC(=S)NC2CC2)C1. The lowest BCUT2D eigenvalue weighted by Crippen LogP contribution is -2.48. The lowest BCUT2D eigenvalue weighted by Gasteiger charge is -2.33. The molecule has 1 heterocycles. The Hall–Kier alpha value is -0.350. The molecule has 98 valence electrons. The predicted octanol–water partition coefficient (Wildman–Crippen LogP) is 1.73. The fourth-order valence-electron chi connectivity index (χ4n) is 2.56. The summed E-state index contributed by atoms with van der Waals surface area (Å²) in [6, 6.07) is 1.09. The molecule has 2 unspecified atom stereocenters. The van der Waals surface area contributed by atoms with E-state index in [1.807, 2.05) is 0 Å². The molecule has 0 spiro atoms. The maximum Gasteiger partial charge on any atom is 0.166 e. The first kappa shape index (κ1) is 13.1. The molecule has 2 atom stereocenters. The maximum atomic E-state index is 5.30. The van der Waals surface area contributed by atoms with Crippen molar-refractivity contribution in [1.82, 2.24) is 15.5 Å². The van der Waals surface area contributed by atoms with E-state index in [4.69, 9.17) is 12.2 Å². The molecule has 0 aromatic heterocycles. The lowest BCUT2D eigenvalue weighted by molar-refractivity contribution is 0.174. The summed E-state index contributed by atoms with van der Waals surface area (Å²) in [4.78, 5) is 2.56. The Kier molecular flexibility index (Phi) is 4.62. The molecular formula is C13H25N3S. The summed E-state index contributed by atoms with van der Waals surface area (Å²) >= 11 is 5.30. The van der Waals surface area contributed by atoms with Crippen molar-refractivity contribution < 1.29 is 0 Å². The predicted molar refractivity (Wildman–Crippen MR) is 76.2 cm³/mol. The molecule has 2 fully saturated rings. The average molecular weight is 255 g/mol. The van der Waals surface area contributed by atoms with E-state index in [0.717, 1.165) is 17.6 Å². The summed E-state index contributed by atoms with van der Waals surface area (Å²) in [6.07, 6.45) is 5.29. The molecule has 1 aliphatic carbocycles. The van der Waals surface area contributed by atoms with Crippen LogP contribution in [0.1, 0.15) is 39.5 Å². The van der Waals surface area contributed by atoms with Crippen molar-refractivity contribution in [3.8, 4) is 0 Å². The summed E-state index contributed by atoms with van der Waals surface area (Å²) < 4.78 is 0. The smallest absolute Gasteiger partial charge is 0.166 e. The van der Waals surface area contributed by atoms with Gasteiger partial charge in [-0.25, -0.2) is 0 Å². The van der Waals surface area contributed by atoms with Gasteiger partial charge in [-0.1, -0.05) is 6.92 Å². The van der Waals surface area contributed by atoms with Gasteiger partial charge in [0.25, 0.3) is 0 Å². The Morgan fingerprint density at radius 1 is 1.41 bits per heavy atom. The van der Waals surface area contributed by atoms with Gasteiger partial charge in [-0.3, -0.25) is 0 Å². The summed E-state index contributed by atoms with van der Waals surface area (Å²) in [6.45, 7) is 8.18. The van der Waals surface area contributed by atoms with Crippen molar-refractivity contribution in [2.24, 2.45) is 5.92 Å². The van der Waals surface area contributed by atoms with Crippen LogP contribution in [0.5, 0.6) is 0 Å². The van der Waals surface area contributed by atoms with Crippen LogP contribution >= 0.6 is 12.2 Å². The lowest BCUT2D eigenvalue weighted by atomic mass is 10.00. The second kappa shape index (κ2) is 6.01. The van der Waals surface area contributed by atoms with Crippen LogP contribution in [0.25, 0.3) is 0 Å². The number of rotatable bonds is 4. The van der Waals surface area contributed by atoms with Gasteiger partial charge in [0.05, 0.1) is 0 Å². The minimum atomic E-state index is 0.444. The molecule has 0 aromatic rings. The molecule has 2 rings (SSSR count). The van der Waals surface area contributed by atoms with Crippen molar-refractivity contribution in [1.29, 1.82) is 0 Å². The molecule has 1 aliphatic heterocycles. The number of hydrogen-bond acceptors (Lipinski definition) is 2. The van der Waals surface area contributed by atoms with E-state index < -0.39 is 0 Å². The van der Waals surface area contributed by atoms with E-state index >= 15 is 0 Å². The van der Waals surface area contributed by atoms with Crippen LogP contribution in [0.2, 0.25) is 0 Å². The molecule has 1 saturated carbocycles. The van der Waals surface area contributed by atoms with E-state index in [0.29, 0.717) is 12.1 Å². The maximum absolute atomic E-state index is 5.30. The first-order chi connectivity index (χ1) is 8.13. The minimum Gasteiger partial charge on any atom is -0.360 e. The number of thiocarbonyl (C=S) groups is 1. The summed E-state index contributed by atoms with van der Waals surface area (Å²) in [5.41, 5.74) is 0. The van der Waals surface area contributed by atoms with Gasteiger partial charge in [-0.15, -0.1) is 0 Å². The van der Waals surface area contributed by atoms with Crippen LogP contribution in [0.3, 0.4) is 0 Å². The van der Waals surface area contributed by atoms with Gasteiger partial charge >= 0.3 is 0 Å². The number of nitrogens with zero attached hydrogens (tertiary/aromatic N) is 1. The van der Waals surface area contributed by atoms with Crippen LogP contribution < -0.4 is 10.6 Å². The van der Waals surface area contributed by atoms with Crippen molar-refractivity contribution in [2.45, 2.75) is 51.6 Å². The fourth-order valence-corrected chi connectivity index (χ4v) is 2.93. The molecule has 0 bridgehead atoms. The first-order valence-electron chi connectivity index (χ1n) is 6.93. The highest BCUT2D eigenvalue weighted by atomic mass is 32.1. The molecule has 4 heteroatoms. The molecule has 0 aromatic carbocycles. The van der Waals surface area contributed by atoms with Crippen molar-refractivity contribution >= 4 is 17.3 Å². The fraction of sp³-hybridized carbons (Fsp3) is 0.923. The minimum absolute atomic E-state index is 0.444. The van der Waals surface area contributed by atoms with Gasteiger partial charge < -0.3 is 15.5 Å². The Bertz CT molecular complexity index is 265. The van der Waals surface area contributed by atoms with E-state index in [1.54, 1.807) is 0 Å². The second-order valence-electron chi connectivity index (χ2n) is 5.80. The summed E-state index contributed by atoms with van der Waals surface area (Å²) in [7, 11) is 0. The van der Waals surface area contributed by atoms with Crippen LogP contribution in [0.4, 0.5) is 0 Å². The third kappa shape index (κ3) is 4.80. The zero-order valence-corrected chi connectivity index (χ0v) is 11.9. The van der Waals surface area contributed by atoms with Crippen molar-refractivity contribution in [3.63, 3.8) is 0 Å². The van der Waals surface area contributed by atoms with Crippen LogP contribution in [0.15, 0.2) is 0 Å². The standard InChI is InChI=1S/C13H25N3S/c1-10-4-3-7-16(8-10)9-11(2)14-13(17)15-12-5-6-12/h10-12H,3-9H2,1-2H3,(H2,14,15,17). The Labute approximate surface area is 110 Å². The van der Waals surface area contributed by atoms with Gasteiger partial charge in [0.1, 0.15) is 0 Å². The average Bonchev–Trinajstić information content (AvgIpc) is 3.00. The molecule has 1 saturated heterocycles.